The summed E-state index contributed by atoms with van der Waals surface area (Å²) in [5, 5.41) is 17.1. The first kappa shape index (κ1) is 20.3. The molecular weight excluding hydrogens is 440 g/mol. The number of carbonyl (C=O) groups excluding carboxylic acids is 1. The third kappa shape index (κ3) is 4.53. The molecule has 2 aromatic heterocycles. The number of nitrogens with one attached hydrogen (secondary N) is 1. The van der Waals surface area contributed by atoms with E-state index in [2.05, 4.69) is 35.1 Å². The Morgan fingerprint density at radius 3 is 2.84 bits per heavy atom. The van der Waals surface area contributed by atoms with Crippen LogP contribution in [0.25, 0.3) is 5.69 Å². The molecule has 162 valence electrons. The Hall–Kier alpha value is -2.63. The Kier molecular flexibility index (Phi) is 5.79. The minimum absolute atomic E-state index is 0.160. The highest BCUT2D eigenvalue weighted by Crippen LogP contribution is 2.41. The van der Waals surface area contributed by atoms with E-state index in [9.17, 15) is 4.79 Å². The van der Waals surface area contributed by atoms with E-state index in [0.29, 0.717) is 35.7 Å². The molecule has 31 heavy (non-hydrogen) atoms. The molecule has 3 heterocycles. The number of halogens is 1. The summed E-state index contributed by atoms with van der Waals surface area (Å²) in [6.45, 7) is 2.98. The molecule has 2 fully saturated rings. The Balaban J connectivity index is 1.29. The molecule has 1 aliphatic heterocycles. The first-order valence-electron chi connectivity index (χ1n) is 10.0. The molecule has 0 unspecified atom stereocenters. The summed E-state index contributed by atoms with van der Waals surface area (Å²) >= 11 is 7.52. The van der Waals surface area contributed by atoms with E-state index in [1.807, 2.05) is 0 Å². The van der Waals surface area contributed by atoms with Crippen molar-refractivity contribution >= 4 is 40.9 Å². The zero-order chi connectivity index (χ0) is 21.2. The van der Waals surface area contributed by atoms with Crippen LogP contribution in [-0.4, -0.2) is 67.5 Å². The Bertz CT molecular complexity index is 1060. The number of carbonyl (C=O) groups is 1. The quantitative estimate of drug-likeness (QED) is 0.536. The molecule has 3 aromatic rings. The molecule has 1 N–H and O–H groups in total. The maximum atomic E-state index is 12.7. The van der Waals surface area contributed by atoms with Crippen molar-refractivity contribution in [2.24, 2.45) is 0 Å². The molecular formula is C19H21ClN8O2S. The Morgan fingerprint density at radius 1 is 1.26 bits per heavy atom. The van der Waals surface area contributed by atoms with E-state index in [4.69, 9.17) is 16.3 Å². The van der Waals surface area contributed by atoms with E-state index in [1.165, 1.54) is 18.1 Å². The normalized spacial score (nSPS) is 16.5. The number of benzene rings is 1. The second kappa shape index (κ2) is 8.85. The van der Waals surface area contributed by atoms with Crippen molar-refractivity contribution in [1.29, 1.82) is 0 Å². The van der Waals surface area contributed by atoms with Gasteiger partial charge in [-0.05, 0) is 31.0 Å². The van der Waals surface area contributed by atoms with Gasteiger partial charge in [0.05, 0.1) is 30.3 Å². The van der Waals surface area contributed by atoms with Gasteiger partial charge in [-0.1, -0.05) is 23.4 Å². The third-order valence-electron chi connectivity index (χ3n) is 5.08. The lowest BCUT2D eigenvalue weighted by atomic mass is 10.2. The molecule has 0 atom stereocenters. The maximum Gasteiger partial charge on any atom is 0.234 e. The first-order chi connectivity index (χ1) is 15.2. The Morgan fingerprint density at radius 2 is 2.10 bits per heavy atom. The molecule has 1 saturated heterocycles. The average Bonchev–Trinajstić information content (AvgIpc) is 3.30. The number of hydrogen-bond acceptors (Lipinski definition) is 8. The van der Waals surface area contributed by atoms with E-state index in [0.717, 1.165) is 37.0 Å². The lowest BCUT2D eigenvalue weighted by Gasteiger charge is -2.27. The van der Waals surface area contributed by atoms with Crippen LogP contribution < -0.4 is 10.2 Å². The van der Waals surface area contributed by atoms with Crippen molar-refractivity contribution in [2.45, 2.75) is 24.0 Å². The van der Waals surface area contributed by atoms with Crippen LogP contribution in [0.5, 0.6) is 0 Å². The van der Waals surface area contributed by atoms with Crippen molar-refractivity contribution in [3.05, 3.63) is 35.9 Å². The summed E-state index contributed by atoms with van der Waals surface area (Å²) in [5.74, 6) is 0.918. The smallest absolute Gasteiger partial charge is 0.234 e. The molecule has 1 amide bonds. The molecule has 0 radical (unpaired) electrons. The van der Waals surface area contributed by atoms with Crippen molar-refractivity contribution in [1.82, 2.24) is 29.5 Å². The van der Waals surface area contributed by atoms with Gasteiger partial charge in [-0.15, -0.1) is 10.2 Å². The number of nitrogens with zero attached hydrogens (tertiary/aromatic N) is 7. The highest BCUT2D eigenvalue weighted by Gasteiger charge is 2.32. The number of rotatable bonds is 7. The van der Waals surface area contributed by atoms with Crippen LogP contribution in [0.4, 0.5) is 11.6 Å². The number of morpholine rings is 1. The Labute approximate surface area is 187 Å². The summed E-state index contributed by atoms with van der Waals surface area (Å²) < 4.78 is 9.20. The molecule has 10 nitrogen and oxygen atoms in total. The van der Waals surface area contributed by atoms with Gasteiger partial charge in [0.15, 0.2) is 5.16 Å². The predicted octanol–water partition coefficient (Wildman–Crippen LogP) is 2.41. The molecule has 1 saturated carbocycles. The van der Waals surface area contributed by atoms with Gasteiger partial charge in [-0.2, -0.15) is 5.10 Å². The molecule has 0 spiro atoms. The van der Waals surface area contributed by atoms with Crippen LogP contribution in [-0.2, 0) is 9.53 Å². The lowest BCUT2D eigenvalue weighted by Crippen LogP contribution is -2.38. The summed E-state index contributed by atoms with van der Waals surface area (Å²) in [6.07, 6.45) is 5.23. The van der Waals surface area contributed by atoms with Crippen molar-refractivity contribution in [3.63, 3.8) is 0 Å². The number of amides is 1. The second-order valence-corrected chi connectivity index (χ2v) is 8.70. The van der Waals surface area contributed by atoms with Crippen molar-refractivity contribution in [3.8, 4) is 5.69 Å². The summed E-state index contributed by atoms with van der Waals surface area (Å²) in [7, 11) is 0. The number of aromatic nitrogens is 6. The second-order valence-electron chi connectivity index (χ2n) is 7.32. The van der Waals surface area contributed by atoms with Gasteiger partial charge in [0.1, 0.15) is 12.7 Å². The fraction of sp³-hybridized carbons (Fsp3) is 0.421. The van der Waals surface area contributed by atoms with Crippen LogP contribution in [0.3, 0.4) is 0 Å². The minimum Gasteiger partial charge on any atom is -0.378 e. The number of thioether (sulfide) groups is 1. The van der Waals surface area contributed by atoms with E-state index >= 15 is 0 Å². The van der Waals surface area contributed by atoms with E-state index in [1.54, 1.807) is 29.2 Å². The molecule has 5 rings (SSSR count). The number of hydrogen-bond donors (Lipinski definition) is 1. The highest BCUT2D eigenvalue weighted by molar-refractivity contribution is 7.99. The minimum atomic E-state index is -0.160. The van der Waals surface area contributed by atoms with Crippen LogP contribution in [0.1, 0.15) is 18.9 Å². The highest BCUT2D eigenvalue weighted by atomic mass is 35.5. The monoisotopic (exact) mass is 460 g/mol. The SMILES string of the molecule is O=C(CSc1nnc(N2CCOCC2)n1C1CC1)Nc1cc(Cl)ccc1-n1cncn1. The van der Waals surface area contributed by atoms with Gasteiger partial charge < -0.3 is 15.0 Å². The molecule has 1 aliphatic carbocycles. The third-order valence-corrected chi connectivity index (χ3v) is 6.26. The van der Waals surface area contributed by atoms with Gasteiger partial charge in [-0.25, -0.2) is 9.67 Å². The summed E-state index contributed by atoms with van der Waals surface area (Å²) in [5.41, 5.74) is 1.26. The fourth-order valence-electron chi connectivity index (χ4n) is 3.46. The van der Waals surface area contributed by atoms with Gasteiger partial charge in [0.2, 0.25) is 11.9 Å². The van der Waals surface area contributed by atoms with E-state index in [-0.39, 0.29) is 11.7 Å². The maximum absolute atomic E-state index is 12.7. The molecule has 1 aromatic carbocycles. The topological polar surface area (TPSA) is 103 Å². The standard InChI is InChI=1S/C19H21ClN8O2S/c20-13-1-4-16(27-12-21-11-22-27)15(9-13)23-17(29)10-31-19-25-24-18(28(19)14-2-3-14)26-5-7-30-8-6-26/h1,4,9,11-12,14H,2-3,5-8,10H2,(H,23,29). The van der Waals surface area contributed by atoms with E-state index < -0.39 is 0 Å². The number of anilines is 2. The summed E-state index contributed by atoms with van der Waals surface area (Å²) in [4.78, 5) is 18.9. The molecule has 0 bridgehead atoms. The predicted molar refractivity (Wildman–Crippen MR) is 117 cm³/mol. The largest absolute Gasteiger partial charge is 0.378 e. The average molecular weight is 461 g/mol. The van der Waals surface area contributed by atoms with Crippen LogP contribution in [0, 0.1) is 0 Å². The van der Waals surface area contributed by atoms with Crippen LogP contribution in [0.15, 0.2) is 36.0 Å². The van der Waals surface area contributed by atoms with Gasteiger partial charge in [-0.3, -0.25) is 9.36 Å². The zero-order valence-electron chi connectivity index (χ0n) is 16.6. The van der Waals surface area contributed by atoms with Crippen LogP contribution in [0.2, 0.25) is 5.02 Å². The first-order valence-corrected chi connectivity index (χ1v) is 11.4. The van der Waals surface area contributed by atoms with Gasteiger partial charge >= 0.3 is 0 Å². The van der Waals surface area contributed by atoms with Gasteiger partial charge in [0.25, 0.3) is 0 Å². The van der Waals surface area contributed by atoms with Crippen molar-refractivity contribution in [2.75, 3.05) is 42.3 Å². The lowest BCUT2D eigenvalue weighted by molar-refractivity contribution is -0.113. The number of ether oxygens (including phenoxy) is 1. The van der Waals surface area contributed by atoms with Crippen LogP contribution >= 0.6 is 23.4 Å². The molecule has 2 aliphatic rings. The fourth-order valence-corrected chi connectivity index (χ4v) is 4.43. The van der Waals surface area contributed by atoms with Gasteiger partial charge in [0, 0.05) is 24.2 Å². The van der Waals surface area contributed by atoms with Crippen molar-refractivity contribution < 1.29 is 9.53 Å². The summed E-state index contributed by atoms with van der Waals surface area (Å²) in [6, 6.07) is 5.64. The zero-order valence-corrected chi connectivity index (χ0v) is 18.2. The molecule has 12 heteroatoms.